The van der Waals surface area contributed by atoms with Crippen LogP contribution in [0.2, 0.25) is 0 Å². The van der Waals surface area contributed by atoms with E-state index in [1.165, 1.54) is 7.11 Å². The first-order chi connectivity index (χ1) is 13.8. The van der Waals surface area contributed by atoms with Crippen LogP contribution in [0.25, 0.3) is 11.0 Å². The summed E-state index contributed by atoms with van der Waals surface area (Å²) >= 11 is 0. The van der Waals surface area contributed by atoms with E-state index < -0.39 is 23.5 Å². The normalized spacial score (nSPS) is 11.8. The number of ether oxygens (including phenoxy) is 1. The molecule has 3 rings (SSSR count). The van der Waals surface area contributed by atoms with Gasteiger partial charge in [-0.1, -0.05) is 30.3 Å². The Morgan fingerprint density at radius 3 is 2.48 bits per heavy atom. The first-order valence-corrected chi connectivity index (χ1v) is 8.98. The molecule has 2 aromatic carbocycles. The van der Waals surface area contributed by atoms with E-state index in [1.54, 1.807) is 49.4 Å². The first kappa shape index (κ1) is 20.1. The lowest BCUT2D eigenvalue weighted by Gasteiger charge is -2.20. The predicted molar refractivity (Wildman–Crippen MR) is 105 cm³/mol. The Morgan fingerprint density at radius 1 is 1.17 bits per heavy atom. The molecule has 150 valence electrons. The molecule has 0 unspecified atom stereocenters. The van der Waals surface area contributed by atoms with Crippen LogP contribution in [0.1, 0.15) is 28.3 Å². The minimum atomic E-state index is -1.44. The number of benzene rings is 2. The van der Waals surface area contributed by atoms with Gasteiger partial charge in [0.1, 0.15) is 11.3 Å². The van der Waals surface area contributed by atoms with Crippen molar-refractivity contribution in [1.82, 2.24) is 5.32 Å². The molecule has 29 heavy (non-hydrogen) atoms. The zero-order valence-corrected chi connectivity index (χ0v) is 16.3. The van der Waals surface area contributed by atoms with E-state index in [9.17, 15) is 19.5 Å². The number of nitrogens with one attached hydrogen (secondary N) is 1. The molecular formula is C22H20NO6-. The highest BCUT2D eigenvalue weighted by Crippen LogP contribution is 2.30. The van der Waals surface area contributed by atoms with Crippen molar-refractivity contribution in [3.63, 3.8) is 0 Å². The number of hydrogen-bond donors (Lipinski definition) is 1. The summed E-state index contributed by atoms with van der Waals surface area (Å²) in [5.41, 5.74) is 1.64. The number of hydrogen-bond acceptors (Lipinski definition) is 6. The fraction of sp³-hybridized carbons (Fsp3) is 0.227. The lowest BCUT2D eigenvalue weighted by atomic mass is 10.0. The Kier molecular flexibility index (Phi) is 5.68. The maximum Gasteiger partial charge on any atom is 0.340 e. The second kappa shape index (κ2) is 8.18. The molecule has 1 aromatic heterocycles. The molecule has 0 aliphatic heterocycles. The molecule has 0 fully saturated rings. The summed E-state index contributed by atoms with van der Waals surface area (Å²) in [5.74, 6) is -1.55. The molecule has 0 bridgehead atoms. The van der Waals surface area contributed by atoms with Crippen molar-refractivity contribution in [1.29, 1.82) is 0 Å². The van der Waals surface area contributed by atoms with Crippen molar-refractivity contribution >= 4 is 22.8 Å². The summed E-state index contributed by atoms with van der Waals surface area (Å²) in [6, 6.07) is 10.4. The van der Waals surface area contributed by atoms with Crippen LogP contribution in [0.3, 0.4) is 0 Å². The van der Waals surface area contributed by atoms with Crippen LogP contribution in [0.15, 0.2) is 51.7 Å². The molecule has 7 heteroatoms. The van der Waals surface area contributed by atoms with Gasteiger partial charge in [-0.05, 0) is 42.7 Å². The largest absolute Gasteiger partial charge is 0.548 e. The Balaban J connectivity index is 1.95. The van der Waals surface area contributed by atoms with Gasteiger partial charge in [-0.15, -0.1) is 0 Å². The number of aliphatic carboxylic acids is 1. The van der Waals surface area contributed by atoms with Crippen LogP contribution in [0.5, 0.6) is 5.75 Å². The standard InChI is InChI=1S/C22H21NO6/c1-12-9-16(28-3)19-13(2)15(22(27)29-17(19)10-12)11-18(24)23-20(21(25)26)14-7-5-4-6-8-14/h4-10,20H,11H2,1-3H3,(H,23,24)(H,25,26)/p-1/t20-/m0/s1. The van der Waals surface area contributed by atoms with E-state index in [0.29, 0.717) is 27.8 Å². The topological polar surface area (TPSA) is 109 Å². The highest BCUT2D eigenvalue weighted by Gasteiger charge is 2.21. The van der Waals surface area contributed by atoms with Crippen LogP contribution < -0.4 is 20.8 Å². The van der Waals surface area contributed by atoms with Gasteiger partial charge in [0.25, 0.3) is 0 Å². The van der Waals surface area contributed by atoms with E-state index in [1.807, 2.05) is 6.92 Å². The lowest BCUT2D eigenvalue weighted by Crippen LogP contribution is -2.42. The zero-order valence-electron chi connectivity index (χ0n) is 16.3. The fourth-order valence-electron chi connectivity index (χ4n) is 3.30. The van der Waals surface area contributed by atoms with Crippen LogP contribution in [0.4, 0.5) is 0 Å². The third kappa shape index (κ3) is 4.13. The third-order valence-corrected chi connectivity index (χ3v) is 4.72. The first-order valence-electron chi connectivity index (χ1n) is 8.98. The van der Waals surface area contributed by atoms with Crippen LogP contribution in [-0.4, -0.2) is 19.0 Å². The van der Waals surface area contributed by atoms with E-state index in [4.69, 9.17) is 9.15 Å². The van der Waals surface area contributed by atoms with Crippen molar-refractivity contribution in [2.45, 2.75) is 26.3 Å². The molecule has 7 nitrogen and oxygen atoms in total. The minimum absolute atomic E-state index is 0.141. The van der Waals surface area contributed by atoms with Gasteiger partial charge in [0.2, 0.25) is 5.91 Å². The molecule has 0 spiro atoms. The molecule has 1 atom stereocenters. The van der Waals surface area contributed by atoms with Gasteiger partial charge >= 0.3 is 5.63 Å². The molecule has 3 aromatic rings. The summed E-state index contributed by atoms with van der Waals surface area (Å²) in [7, 11) is 1.51. The number of carboxylic acids is 1. The predicted octanol–water partition coefficient (Wildman–Crippen LogP) is 1.57. The Morgan fingerprint density at radius 2 is 1.86 bits per heavy atom. The van der Waals surface area contributed by atoms with Crippen molar-refractivity contribution in [3.05, 3.63) is 75.1 Å². The number of rotatable bonds is 6. The Labute approximate surface area is 166 Å². The SMILES string of the molecule is COc1cc(C)cc2oc(=O)c(CC(=O)N[C@H](C(=O)[O-])c3ccccc3)c(C)c12. The summed E-state index contributed by atoms with van der Waals surface area (Å²) in [5, 5.41) is 14.5. The number of carboxylic acid groups (broad SMARTS) is 1. The van der Waals surface area contributed by atoms with Crippen LogP contribution in [-0.2, 0) is 16.0 Å². The number of aryl methyl sites for hydroxylation is 2. The lowest BCUT2D eigenvalue weighted by molar-refractivity contribution is -0.308. The molecule has 1 amide bonds. The van der Waals surface area contributed by atoms with Gasteiger partial charge in [-0.2, -0.15) is 0 Å². The quantitative estimate of drug-likeness (QED) is 0.636. The maximum absolute atomic E-state index is 12.5. The van der Waals surface area contributed by atoms with Crippen molar-refractivity contribution in [2.75, 3.05) is 7.11 Å². The fourth-order valence-corrected chi connectivity index (χ4v) is 3.30. The number of carbonyl (C=O) groups is 2. The van der Waals surface area contributed by atoms with Gasteiger partial charge < -0.3 is 24.4 Å². The molecular weight excluding hydrogens is 374 g/mol. The van der Waals surface area contributed by atoms with Gasteiger partial charge in [-0.25, -0.2) is 4.79 Å². The highest BCUT2D eigenvalue weighted by molar-refractivity contribution is 5.90. The van der Waals surface area contributed by atoms with Gasteiger partial charge in [0.05, 0.1) is 36.5 Å². The molecule has 0 aliphatic rings. The number of methoxy groups -OCH3 is 1. The highest BCUT2D eigenvalue weighted by atomic mass is 16.5. The van der Waals surface area contributed by atoms with Crippen molar-refractivity contribution in [3.8, 4) is 5.75 Å². The zero-order chi connectivity index (χ0) is 21.1. The average molecular weight is 394 g/mol. The second-order valence-corrected chi connectivity index (χ2v) is 6.74. The van der Waals surface area contributed by atoms with E-state index >= 15 is 0 Å². The van der Waals surface area contributed by atoms with E-state index in [0.717, 1.165) is 5.56 Å². The van der Waals surface area contributed by atoms with Crippen molar-refractivity contribution in [2.24, 2.45) is 0 Å². The average Bonchev–Trinajstić information content (AvgIpc) is 2.68. The van der Waals surface area contributed by atoms with E-state index in [-0.39, 0.29) is 12.0 Å². The second-order valence-electron chi connectivity index (χ2n) is 6.74. The number of carbonyl (C=O) groups excluding carboxylic acids is 2. The minimum Gasteiger partial charge on any atom is -0.548 e. The van der Waals surface area contributed by atoms with Crippen molar-refractivity contribution < 1.29 is 23.8 Å². The molecule has 1 N–H and O–H groups in total. The number of fused-ring (bicyclic) bond motifs is 1. The van der Waals surface area contributed by atoms with E-state index in [2.05, 4.69) is 5.32 Å². The van der Waals surface area contributed by atoms with Gasteiger partial charge in [-0.3, -0.25) is 4.79 Å². The smallest absolute Gasteiger partial charge is 0.340 e. The number of amides is 1. The molecule has 0 saturated carbocycles. The monoisotopic (exact) mass is 394 g/mol. The summed E-state index contributed by atoms with van der Waals surface area (Å²) in [6.07, 6.45) is -0.336. The maximum atomic E-state index is 12.5. The van der Waals surface area contributed by atoms with Crippen LogP contribution >= 0.6 is 0 Å². The Bertz CT molecular complexity index is 1130. The molecule has 0 radical (unpaired) electrons. The summed E-state index contributed by atoms with van der Waals surface area (Å²) in [6.45, 7) is 3.55. The van der Waals surface area contributed by atoms with Gasteiger partial charge in [0.15, 0.2) is 0 Å². The summed E-state index contributed by atoms with van der Waals surface area (Å²) < 4.78 is 10.8. The van der Waals surface area contributed by atoms with Crippen LogP contribution in [0, 0.1) is 13.8 Å². The third-order valence-electron chi connectivity index (χ3n) is 4.72. The molecule has 0 saturated heterocycles. The Hall–Kier alpha value is -3.61. The van der Waals surface area contributed by atoms with Gasteiger partial charge in [0, 0.05) is 0 Å². The summed E-state index contributed by atoms with van der Waals surface area (Å²) in [4.78, 5) is 36.5. The molecule has 1 heterocycles. The molecule has 0 aliphatic carbocycles.